The average molecular weight is 382 g/mol. The van der Waals surface area contributed by atoms with Crippen LogP contribution in [0.2, 0.25) is 0 Å². The van der Waals surface area contributed by atoms with Crippen LogP contribution in [0.5, 0.6) is 0 Å². The third-order valence-corrected chi connectivity index (χ3v) is 4.22. The number of methoxy groups -OCH3 is 1. The summed E-state index contributed by atoms with van der Waals surface area (Å²) < 4.78 is 4.94. The summed E-state index contributed by atoms with van der Waals surface area (Å²) in [5.74, 6) is -0.440. The van der Waals surface area contributed by atoms with Gasteiger partial charge in [-0.05, 0) is 42.8 Å². The fourth-order valence-corrected chi connectivity index (χ4v) is 2.83. The second kappa shape index (κ2) is 9.01. The zero-order valence-electron chi connectivity index (χ0n) is 15.5. The Bertz CT molecular complexity index is 867. The lowest BCUT2D eigenvalue weighted by Gasteiger charge is -2.29. The lowest BCUT2D eigenvalue weighted by Crippen LogP contribution is -2.44. The van der Waals surface area contributed by atoms with E-state index in [2.05, 4.69) is 16.0 Å². The first kappa shape index (κ1) is 19.4. The smallest absolute Gasteiger partial charge is 0.326 e. The number of ether oxygens (including phenoxy) is 1. The van der Waals surface area contributed by atoms with Gasteiger partial charge in [-0.15, -0.1) is 0 Å². The van der Waals surface area contributed by atoms with E-state index in [1.807, 2.05) is 0 Å². The summed E-state index contributed by atoms with van der Waals surface area (Å²) in [6.45, 7) is 1.05. The SMILES string of the molecule is COCCCNC(=O)c1ccc(NC(=O)N2CC(=O)Nc3ccccc32)cc1. The number of anilines is 3. The van der Waals surface area contributed by atoms with Gasteiger partial charge in [-0.2, -0.15) is 0 Å². The summed E-state index contributed by atoms with van der Waals surface area (Å²) in [5.41, 5.74) is 2.25. The Morgan fingerprint density at radius 3 is 2.64 bits per heavy atom. The molecule has 8 heteroatoms. The highest BCUT2D eigenvalue weighted by Gasteiger charge is 2.26. The van der Waals surface area contributed by atoms with Crippen LogP contribution in [-0.4, -0.2) is 44.7 Å². The molecular weight excluding hydrogens is 360 g/mol. The average Bonchev–Trinajstić information content (AvgIpc) is 2.71. The zero-order chi connectivity index (χ0) is 19.9. The summed E-state index contributed by atoms with van der Waals surface area (Å²) in [4.78, 5) is 37.9. The van der Waals surface area contributed by atoms with Crippen LogP contribution >= 0.6 is 0 Å². The van der Waals surface area contributed by atoms with Gasteiger partial charge >= 0.3 is 6.03 Å². The maximum Gasteiger partial charge on any atom is 0.326 e. The van der Waals surface area contributed by atoms with Crippen LogP contribution in [0.25, 0.3) is 0 Å². The molecule has 146 valence electrons. The highest BCUT2D eigenvalue weighted by Crippen LogP contribution is 2.29. The Morgan fingerprint density at radius 2 is 1.89 bits per heavy atom. The number of benzene rings is 2. The summed E-state index contributed by atoms with van der Waals surface area (Å²) in [5, 5.41) is 8.30. The molecule has 1 aliphatic heterocycles. The lowest BCUT2D eigenvalue weighted by molar-refractivity contribution is -0.115. The van der Waals surface area contributed by atoms with E-state index in [4.69, 9.17) is 4.74 Å². The number of hydrogen-bond acceptors (Lipinski definition) is 4. The number of para-hydroxylation sites is 2. The van der Waals surface area contributed by atoms with Crippen LogP contribution in [-0.2, 0) is 9.53 Å². The molecule has 0 bridgehead atoms. The predicted molar refractivity (Wildman–Crippen MR) is 107 cm³/mol. The van der Waals surface area contributed by atoms with Crippen molar-refractivity contribution in [3.8, 4) is 0 Å². The molecule has 28 heavy (non-hydrogen) atoms. The van der Waals surface area contributed by atoms with Crippen molar-refractivity contribution in [1.29, 1.82) is 0 Å². The number of hydrogen-bond donors (Lipinski definition) is 3. The normalized spacial score (nSPS) is 12.8. The van der Waals surface area contributed by atoms with Gasteiger partial charge in [0.1, 0.15) is 6.54 Å². The van der Waals surface area contributed by atoms with E-state index in [1.165, 1.54) is 4.90 Å². The highest BCUT2D eigenvalue weighted by molar-refractivity contribution is 6.12. The molecule has 3 N–H and O–H groups in total. The molecule has 0 saturated carbocycles. The van der Waals surface area contributed by atoms with Crippen LogP contribution in [0.1, 0.15) is 16.8 Å². The van der Waals surface area contributed by atoms with Crippen LogP contribution in [0, 0.1) is 0 Å². The molecule has 1 aliphatic rings. The summed E-state index contributed by atoms with van der Waals surface area (Å²) in [7, 11) is 1.61. The number of rotatable bonds is 6. The fraction of sp³-hybridized carbons (Fsp3) is 0.250. The number of carbonyl (C=O) groups excluding carboxylic acids is 3. The molecule has 3 rings (SSSR count). The Hall–Kier alpha value is -3.39. The van der Waals surface area contributed by atoms with E-state index in [9.17, 15) is 14.4 Å². The molecule has 1 heterocycles. The van der Waals surface area contributed by atoms with E-state index in [0.717, 1.165) is 6.42 Å². The van der Waals surface area contributed by atoms with E-state index in [0.29, 0.717) is 35.8 Å². The molecular formula is C20H22N4O4. The second-order valence-electron chi connectivity index (χ2n) is 6.26. The summed E-state index contributed by atoms with van der Waals surface area (Å²) in [6, 6.07) is 13.3. The minimum absolute atomic E-state index is 0.0647. The Kier molecular flexibility index (Phi) is 6.23. The molecule has 0 saturated heterocycles. The highest BCUT2D eigenvalue weighted by atomic mass is 16.5. The van der Waals surface area contributed by atoms with Gasteiger partial charge in [0.15, 0.2) is 0 Å². The first-order chi connectivity index (χ1) is 13.6. The number of amides is 4. The molecule has 0 aliphatic carbocycles. The second-order valence-corrected chi connectivity index (χ2v) is 6.26. The van der Waals surface area contributed by atoms with Gasteiger partial charge in [0.2, 0.25) is 5.91 Å². The monoisotopic (exact) mass is 382 g/mol. The van der Waals surface area contributed by atoms with Gasteiger partial charge in [0, 0.05) is 31.5 Å². The van der Waals surface area contributed by atoms with Crippen molar-refractivity contribution < 1.29 is 19.1 Å². The van der Waals surface area contributed by atoms with Gasteiger partial charge in [-0.3, -0.25) is 14.5 Å². The van der Waals surface area contributed by atoms with Gasteiger partial charge in [-0.25, -0.2) is 4.79 Å². The van der Waals surface area contributed by atoms with Crippen molar-refractivity contribution in [2.45, 2.75) is 6.42 Å². The number of urea groups is 1. The Balaban J connectivity index is 1.62. The molecule has 8 nitrogen and oxygen atoms in total. The number of fused-ring (bicyclic) bond motifs is 1. The molecule has 0 aromatic heterocycles. The van der Waals surface area contributed by atoms with Gasteiger partial charge in [0.25, 0.3) is 5.91 Å². The maximum absolute atomic E-state index is 12.6. The van der Waals surface area contributed by atoms with E-state index < -0.39 is 6.03 Å². The minimum atomic E-state index is -0.418. The van der Waals surface area contributed by atoms with Crippen molar-refractivity contribution in [3.63, 3.8) is 0 Å². The summed E-state index contributed by atoms with van der Waals surface area (Å²) in [6.07, 6.45) is 0.737. The third kappa shape index (κ3) is 4.66. The van der Waals surface area contributed by atoms with E-state index in [-0.39, 0.29) is 18.4 Å². The van der Waals surface area contributed by atoms with Crippen molar-refractivity contribution in [2.75, 3.05) is 42.3 Å². The zero-order valence-corrected chi connectivity index (χ0v) is 15.5. The van der Waals surface area contributed by atoms with Crippen LogP contribution < -0.4 is 20.9 Å². The molecule has 0 fully saturated rings. The fourth-order valence-electron chi connectivity index (χ4n) is 2.83. The number of carbonyl (C=O) groups is 3. The van der Waals surface area contributed by atoms with E-state index in [1.54, 1.807) is 55.6 Å². The first-order valence-electron chi connectivity index (χ1n) is 8.93. The lowest BCUT2D eigenvalue weighted by atomic mass is 10.2. The Labute approximate surface area is 162 Å². The van der Waals surface area contributed by atoms with Crippen LogP contribution in [0.3, 0.4) is 0 Å². The third-order valence-electron chi connectivity index (χ3n) is 4.22. The molecule has 0 radical (unpaired) electrons. The van der Waals surface area contributed by atoms with Crippen molar-refractivity contribution in [2.24, 2.45) is 0 Å². The van der Waals surface area contributed by atoms with Crippen molar-refractivity contribution in [1.82, 2.24) is 5.32 Å². The minimum Gasteiger partial charge on any atom is -0.385 e. The molecule has 0 spiro atoms. The first-order valence-corrected chi connectivity index (χ1v) is 8.93. The summed E-state index contributed by atoms with van der Waals surface area (Å²) >= 11 is 0. The van der Waals surface area contributed by atoms with Crippen molar-refractivity contribution in [3.05, 3.63) is 54.1 Å². The topological polar surface area (TPSA) is 99.8 Å². The van der Waals surface area contributed by atoms with E-state index >= 15 is 0 Å². The quantitative estimate of drug-likeness (QED) is 0.668. The Morgan fingerprint density at radius 1 is 1.14 bits per heavy atom. The van der Waals surface area contributed by atoms with Crippen LogP contribution in [0.4, 0.5) is 21.9 Å². The van der Waals surface area contributed by atoms with Crippen molar-refractivity contribution >= 4 is 34.9 Å². The molecule has 0 unspecified atom stereocenters. The van der Waals surface area contributed by atoms with Crippen LogP contribution in [0.15, 0.2) is 48.5 Å². The van der Waals surface area contributed by atoms with Gasteiger partial charge in [0.05, 0.1) is 11.4 Å². The predicted octanol–water partition coefficient (Wildman–Crippen LogP) is 2.44. The molecule has 2 aromatic carbocycles. The molecule has 4 amide bonds. The molecule has 0 atom stereocenters. The van der Waals surface area contributed by atoms with Gasteiger partial charge in [-0.1, -0.05) is 12.1 Å². The maximum atomic E-state index is 12.6. The largest absolute Gasteiger partial charge is 0.385 e. The number of nitrogens with zero attached hydrogens (tertiary/aromatic N) is 1. The molecule has 2 aromatic rings. The number of nitrogens with one attached hydrogen (secondary N) is 3. The van der Waals surface area contributed by atoms with Gasteiger partial charge < -0.3 is 20.7 Å². The standard InChI is InChI=1S/C20H22N4O4/c1-28-12-4-11-21-19(26)14-7-9-15(10-8-14)22-20(27)24-13-18(25)23-16-5-2-3-6-17(16)24/h2-3,5-10H,4,11-13H2,1H3,(H,21,26)(H,22,27)(H,23,25).